The number of hydrogen-bond acceptors (Lipinski definition) is 3. The maximum Gasteiger partial charge on any atom is 0.324 e. The summed E-state index contributed by atoms with van der Waals surface area (Å²) < 4.78 is 0. The Hall–Kier alpha value is -1.85. The molecule has 0 radical (unpaired) electrons. The lowest BCUT2D eigenvalue weighted by atomic mass is 9.79. The minimum absolute atomic E-state index is 0.189. The lowest BCUT2D eigenvalue weighted by Gasteiger charge is -2.23. The van der Waals surface area contributed by atoms with Crippen LogP contribution >= 0.6 is 0 Å². The quantitative estimate of drug-likeness (QED) is 0.481. The summed E-state index contributed by atoms with van der Waals surface area (Å²) in [5.74, 6) is -3.38. The number of aliphatic carboxylic acids is 3. The minimum Gasteiger partial charge on any atom is -0.481 e. The van der Waals surface area contributed by atoms with E-state index in [1.165, 1.54) is 6.08 Å². The molecule has 0 saturated carbocycles. The van der Waals surface area contributed by atoms with Crippen molar-refractivity contribution in [1.29, 1.82) is 0 Å². The van der Waals surface area contributed by atoms with Gasteiger partial charge >= 0.3 is 11.9 Å². The number of rotatable bonds is 2. The van der Waals surface area contributed by atoms with Crippen molar-refractivity contribution in [1.82, 2.24) is 0 Å². The van der Waals surface area contributed by atoms with Crippen LogP contribution in [0.5, 0.6) is 0 Å². The molecular weight excluding hydrogens is 216 g/mol. The van der Waals surface area contributed by atoms with Crippen molar-refractivity contribution in [3.63, 3.8) is 0 Å². The van der Waals surface area contributed by atoms with Crippen molar-refractivity contribution in [3.05, 3.63) is 12.2 Å². The highest BCUT2D eigenvalue weighted by atomic mass is 16.4. The predicted octanol–water partition coefficient (Wildman–Crippen LogP) is 0.973. The average molecular weight is 230 g/mol. The summed E-state index contributed by atoms with van der Waals surface area (Å²) in [6.45, 7) is 1.08. The first-order valence-corrected chi connectivity index (χ1v) is 4.67. The van der Waals surface area contributed by atoms with E-state index in [9.17, 15) is 9.59 Å². The summed E-state index contributed by atoms with van der Waals surface area (Å²) in [4.78, 5) is 30.4. The topological polar surface area (TPSA) is 112 Å². The van der Waals surface area contributed by atoms with Crippen molar-refractivity contribution in [2.45, 2.75) is 26.2 Å². The number of hydrogen-bond donors (Lipinski definition) is 3. The van der Waals surface area contributed by atoms with Crippen molar-refractivity contribution in [2.24, 2.45) is 5.41 Å². The SMILES string of the molecule is CC(=O)O.O=C(O)C1(C(=O)O)C=CCCC1. The van der Waals surface area contributed by atoms with Crippen LogP contribution in [-0.4, -0.2) is 33.2 Å². The molecule has 0 saturated heterocycles. The predicted molar refractivity (Wildman–Crippen MR) is 54.0 cm³/mol. The van der Waals surface area contributed by atoms with Crippen LogP contribution in [0.1, 0.15) is 26.2 Å². The Balaban J connectivity index is 0.000000487. The Morgan fingerprint density at radius 1 is 1.12 bits per heavy atom. The third-order valence-electron chi connectivity index (χ3n) is 2.11. The van der Waals surface area contributed by atoms with E-state index in [4.69, 9.17) is 20.1 Å². The van der Waals surface area contributed by atoms with Crippen molar-refractivity contribution in [3.8, 4) is 0 Å². The zero-order valence-corrected chi connectivity index (χ0v) is 8.84. The van der Waals surface area contributed by atoms with Gasteiger partial charge in [-0.05, 0) is 19.3 Å². The zero-order chi connectivity index (χ0) is 12.8. The fraction of sp³-hybridized carbons (Fsp3) is 0.500. The fourth-order valence-electron chi connectivity index (χ4n) is 1.31. The van der Waals surface area contributed by atoms with Crippen LogP contribution < -0.4 is 0 Å². The summed E-state index contributed by atoms with van der Waals surface area (Å²) >= 11 is 0. The van der Waals surface area contributed by atoms with E-state index in [-0.39, 0.29) is 6.42 Å². The van der Waals surface area contributed by atoms with Crippen molar-refractivity contribution < 1.29 is 29.7 Å². The average Bonchev–Trinajstić information content (AvgIpc) is 2.17. The standard InChI is InChI=1S/C8H10O4.C2H4O2/c9-6(10)8(7(11)12)4-2-1-3-5-8;1-2(3)4/h2,4H,1,3,5H2,(H,9,10)(H,11,12);1H3,(H,3,4). The second-order valence-corrected chi connectivity index (χ2v) is 3.40. The highest BCUT2D eigenvalue weighted by molar-refractivity contribution is 6.00. The van der Waals surface area contributed by atoms with Crippen molar-refractivity contribution in [2.75, 3.05) is 0 Å². The summed E-state index contributed by atoms with van der Waals surface area (Å²) in [5.41, 5.74) is -1.67. The molecule has 0 aromatic rings. The van der Waals surface area contributed by atoms with Gasteiger partial charge < -0.3 is 15.3 Å². The molecule has 1 aliphatic carbocycles. The largest absolute Gasteiger partial charge is 0.481 e. The Morgan fingerprint density at radius 2 is 1.56 bits per heavy atom. The molecule has 3 N–H and O–H groups in total. The molecular formula is C10H14O6. The second-order valence-electron chi connectivity index (χ2n) is 3.40. The molecule has 1 aliphatic rings. The van der Waals surface area contributed by atoms with Crippen LogP contribution in [0.2, 0.25) is 0 Å². The van der Waals surface area contributed by atoms with E-state index >= 15 is 0 Å². The smallest absolute Gasteiger partial charge is 0.324 e. The Labute approximate surface area is 92.2 Å². The van der Waals surface area contributed by atoms with Gasteiger partial charge in [0.2, 0.25) is 0 Å². The molecule has 0 spiro atoms. The van der Waals surface area contributed by atoms with Crippen LogP contribution in [0, 0.1) is 5.41 Å². The molecule has 0 aromatic carbocycles. The van der Waals surface area contributed by atoms with E-state index in [0.717, 1.165) is 13.3 Å². The Bertz CT molecular complexity index is 299. The third-order valence-corrected chi connectivity index (χ3v) is 2.11. The van der Waals surface area contributed by atoms with Gasteiger partial charge in [0.1, 0.15) is 0 Å². The molecule has 0 bridgehead atoms. The van der Waals surface area contributed by atoms with Gasteiger partial charge in [-0.2, -0.15) is 0 Å². The molecule has 0 fully saturated rings. The number of carboxylic acid groups (broad SMARTS) is 3. The van der Waals surface area contributed by atoms with E-state index in [2.05, 4.69) is 0 Å². The Kier molecular flexibility index (Phi) is 5.21. The molecule has 16 heavy (non-hydrogen) atoms. The van der Waals surface area contributed by atoms with Crippen LogP contribution in [0.15, 0.2) is 12.2 Å². The van der Waals surface area contributed by atoms with Gasteiger partial charge in [0.25, 0.3) is 5.97 Å². The Morgan fingerprint density at radius 3 is 1.75 bits per heavy atom. The zero-order valence-electron chi connectivity index (χ0n) is 8.84. The van der Waals surface area contributed by atoms with Gasteiger partial charge in [-0.3, -0.25) is 14.4 Å². The van der Waals surface area contributed by atoms with E-state index in [0.29, 0.717) is 6.42 Å². The first kappa shape index (κ1) is 14.2. The van der Waals surface area contributed by atoms with Gasteiger partial charge in [0.15, 0.2) is 5.41 Å². The fourth-order valence-corrected chi connectivity index (χ4v) is 1.31. The summed E-state index contributed by atoms with van der Waals surface area (Å²) in [7, 11) is 0. The monoisotopic (exact) mass is 230 g/mol. The highest BCUT2D eigenvalue weighted by Crippen LogP contribution is 2.31. The summed E-state index contributed by atoms with van der Waals surface area (Å²) in [6.07, 6.45) is 4.47. The number of carboxylic acids is 3. The van der Waals surface area contributed by atoms with Crippen LogP contribution in [-0.2, 0) is 14.4 Å². The van der Waals surface area contributed by atoms with E-state index in [1.807, 2.05) is 0 Å². The maximum absolute atomic E-state index is 10.7. The molecule has 1 rings (SSSR count). The van der Waals surface area contributed by atoms with Crippen molar-refractivity contribution >= 4 is 17.9 Å². The van der Waals surface area contributed by atoms with Crippen LogP contribution in [0.25, 0.3) is 0 Å². The molecule has 0 aromatic heterocycles. The molecule has 6 heteroatoms. The normalized spacial score (nSPS) is 16.8. The molecule has 6 nitrogen and oxygen atoms in total. The van der Waals surface area contributed by atoms with Crippen LogP contribution in [0.3, 0.4) is 0 Å². The molecule has 0 atom stereocenters. The van der Waals surface area contributed by atoms with E-state index in [1.54, 1.807) is 6.08 Å². The second kappa shape index (κ2) is 5.89. The molecule has 0 heterocycles. The van der Waals surface area contributed by atoms with Gasteiger partial charge in [-0.25, -0.2) is 0 Å². The first-order valence-electron chi connectivity index (χ1n) is 4.67. The van der Waals surface area contributed by atoms with Crippen LogP contribution in [0.4, 0.5) is 0 Å². The summed E-state index contributed by atoms with van der Waals surface area (Å²) in [6, 6.07) is 0. The van der Waals surface area contributed by atoms with Gasteiger partial charge in [0.05, 0.1) is 0 Å². The van der Waals surface area contributed by atoms with Gasteiger partial charge in [-0.15, -0.1) is 0 Å². The molecule has 0 unspecified atom stereocenters. The third kappa shape index (κ3) is 3.72. The lowest BCUT2D eigenvalue weighted by Crippen LogP contribution is -2.38. The molecule has 0 amide bonds. The van der Waals surface area contributed by atoms with Gasteiger partial charge in [0, 0.05) is 6.92 Å². The van der Waals surface area contributed by atoms with Gasteiger partial charge in [-0.1, -0.05) is 12.2 Å². The highest BCUT2D eigenvalue weighted by Gasteiger charge is 2.44. The number of carbonyl (C=O) groups is 3. The minimum atomic E-state index is -1.67. The summed E-state index contributed by atoms with van der Waals surface area (Å²) in [5, 5.41) is 24.9. The lowest BCUT2D eigenvalue weighted by molar-refractivity contribution is -0.161. The molecule has 90 valence electrons. The van der Waals surface area contributed by atoms with E-state index < -0.39 is 23.3 Å². The number of allylic oxidation sites excluding steroid dienone is 1. The molecule has 0 aliphatic heterocycles. The maximum atomic E-state index is 10.7. The first-order chi connectivity index (χ1) is 7.33.